The SMILES string of the molecule is CCCCCCCCCCNCCCCC(C)CC(C)C. The first-order chi connectivity index (χ1) is 10.2. The summed E-state index contributed by atoms with van der Waals surface area (Å²) in [5, 5.41) is 3.61. The average Bonchev–Trinajstić information content (AvgIpc) is 2.43. The van der Waals surface area contributed by atoms with Gasteiger partial charge in [0.25, 0.3) is 0 Å². The van der Waals surface area contributed by atoms with E-state index in [-0.39, 0.29) is 0 Å². The summed E-state index contributed by atoms with van der Waals surface area (Å²) in [5.41, 5.74) is 0. The maximum absolute atomic E-state index is 3.61. The van der Waals surface area contributed by atoms with E-state index >= 15 is 0 Å². The Hall–Kier alpha value is -0.0400. The lowest BCUT2D eigenvalue weighted by Crippen LogP contribution is -2.16. The van der Waals surface area contributed by atoms with Gasteiger partial charge in [0.05, 0.1) is 0 Å². The number of hydrogen-bond acceptors (Lipinski definition) is 1. The van der Waals surface area contributed by atoms with Crippen LogP contribution in [-0.4, -0.2) is 13.1 Å². The van der Waals surface area contributed by atoms with Gasteiger partial charge < -0.3 is 5.32 Å². The third-order valence-corrected chi connectivity index (χ3v) is 4.38. The largest absolute Gasteiger partial charge is 0.317 e. The summed E-state index contributed by atoms with van der Waals surface area (Å²) in [6.07, 6.45) is 17.0. The van der Waals surface area contributed by atoms with Crippen molar-refractivity contribution in [1.82, 2.24) is 5.32 Å². The van der Waals surface area contributed by atoms with Crippen molar-refractivity contribution in [2.75, 3.05) is 13.1 Å². The molecule has 0 aliphatic rings. The van der Waals surface area contributed by atoms with Crippen LogP contribution in [0.3, 0.4) is 0 Å². The normalized spacial score (nSPS) is 13.0. The van der Waals surface area contributed by atoms with Crippen molar-refractivity contribution < 1.29 is 0 Å². The maximum atomic E-state index is 3.61. The van der Waals surface area contributed by atoms with Crippen molar-refractivity contribution in [3.63, 3.8) is 0 Å². The van der Waals surface area contributed by atoms with Crippen LogP contribution in [0.4, 0.5) is 0 Å². The molecule has 0 rings (SSSR count). The molecule has 1 N–H and O–H groups in total. The van der Waals surface area contributed by atoms with Crippen molar-refractivity contribution in [3.8, 4) is 0 Å². The zero-order valence-corrected chi connectivity index (χ0v) is 15.6. The van der Waals surface area contributed by atoms with Crippen LogP contribution in [-0.2, 0) is 0 Å². The molecule has 0 radical (unpaired) electrons. The highest BCUT2D eigenvalue weighted by atomic mass is 14.8. The summed E-state index contributed by atoms with van der Waals surface area (Å²) >= 11 is 0. The Morgan fingerprint density at radius 2 is 1.19 bits per heavy atom. The Kier molecular flexibility index (Phi) is 16.3. The average molecular weight is 298 g/mol. The van der Waals surface area contributed by atoms with Crippen LogP contribution in [0.2, 0.25) is 0 Å². The van der Waals surface area contributed by atoms with E-state index in [4.69, 9.17) is 0 Å². The Morgan fingerprint density at radius 1 is 0.667 bits per heavy atom. The molecule has 1 atom stereocenters. The molecule has 0 aliphatic carbocycles. The van der Waals surface area contributed by atoms with Gasteiger partial charge in [0, 0.05) is 0 Å². The Labute approximate surface area is 135 Å². The Bertz CT molecular complexity index is 188. The minimum atomic E-state index is 0.861. The van der Waals surface area contributed by atoms with E-state index in [1.807, 2.05) is 0 Å². The monoisotopic (exact) mass is 297 g/mol. The zero-order chi connectivity index (χ0) is 15.8. The van der Waals surface area contributed by atoms with Crippen LogP contribution in [0.5, 0.6) is 0 Å². The smallest absolute Gasteiger partial charge is 0.00489 e. The van der Waals surface area contributed by atoms with Gasteiger partial charge in [-0.1, -0.05) is 85.5 Å². The molecule has 1 unspecified atom stereocenters. The number of unbranched alkanes of at least 4 members (excludes halogenated alkanes) is 8. The van der Waals surface area contributed by atoms with Crippen molar-refractivity contribution in [2.24, 2.45) is 11.8 Å². The summed E-state index contributed by atoms with van der Waals surface area (Å²) < 4.78 is 0. The zero-order valence-electron chi connectivity index (χ0n) is 15.6. The van der Waals surface area contributed by atoms with E-state index < -0.39 is 0 Å². The summed E-state index contributed by atoms with van der Waals surface area (Å²) in [6, 6.07) is 0. The molecule has 0 aromatic carbocycles. The summed E-state index contributed by atoms with van der Waals surface area (Å²) in [5.74, 6) is 1.78. The third-order valence-electron chi connectivity index (χ3n) is 4.38. The molecule has 0 aromatic rings. The predicted octanol–water partition coefficient (Wildman–Crippen LogP) is 6.57. The fraction of sp³-hybridized carbons (Fsp3) is 1.00. The van der Waals surface area contributed by atoms with Crippen LogP contribution in [0.25, 0.3) is 0 Å². The summed E-state index contributed by atoms with van der Waals surface area (Å²) in [6.45, 7) is 11.8. The molecular formula is C20H43N. The lowest BCUT2D eigenvalue weighted by atomic mass is 9.94. The van der Waals surface area contributed by atoms with Crippen LogP contribution >= 0.6 is 0 Å². The van der Waals surface area contributed by atoms with Crippen molar-refractivity contribution in [2.45, 2.75) is 105 Å². The van der Waals surface area contributed by atoms with Gasteiger partial charge in [-0.25, -0.2) is 0 Å². The van der Waals surface area contributed by atoms with Crippen molar-refractivity contribution in [1.29, 1.82) is 0 Å². The molecule has 0 aromatic heterocycles. The highest BCUT2D eigenvalue weighted by Crippen LogP contribution is 2.16. The van der Waals surface area contributed by atoms with Gasteiger partial charge in [-0.05, 0) is 44.2 Å². The molecule has 0 amide bonds. The topological polar surface area (TPSA) is 12.0 Å². The molecule has 0 heterocycles. The van der Waals surface area contributed by atoms with Crippen LogP contribution < -0.4 is 5.32 Å². The first-order valence-electron chi connectivity index (χ1n) is 9.87. The van der Waals surface area contributed by atoms with Crippen LogP contribution in [0.1, 0.15) is 105 Å². The van der Waals surface area contributed by atoms with E-state index in [2.05, 4.69) is 33.0 Å². The number of nitrogens with one attached hydrogen (secondary N) is 1. The van der Waals surface area contributed by atoms with Gasteiger partial charge in [-0.3, -0.25) is 0 Å². The molecule has 1 heteroatoms. The van der Waals surface area contributed by atoms with E-state index in [9.17, 15) is 0 Å². The number of hydrogen-bond donors (Lipinski definition) is 1. The summed E-state index contributed by atoms with van der Waals surface area (Å²) in [7, 11) is 0. The van der Waals surface area contributed by atoms with Crippen LogP contribution in [0, 0.1) is 11.8 Å². The van der Waals surface area contributed by atoms with E-state index in [1.165, 1.54) is 90.1 Å². The molecule has 0 fully saturated rings. The number of rotatable bonds is 16. The van der Waals surface area contributed by atoms with Crippen LogP contribution in [0.15, 0.2) is 0 Å². The summed E-state index contributed by atoms with van der Waals surface area (Å²) in [4.78, 5) is 0. The standard InChI is InChI=1S/C20H43N/c1-5-6-7-8-9-10-11-13-16-21-17-14-12-15-20(4)18-19(2)3/h19-21H,5-18H2,1-4H3. The fourth-order valence-corrected chi connectivity index (χ4v) is 3.17. The molecular weight excluding hydrogens is 254 g/mol. The van der Waals surface area contributed by atoms with Gasteiger partial charge in [-0.2, -0.15) is 0 Å². The minimum Gasteiger partial charge on any atom is -0.317 e. The van der Waals surface area contributed by atoms with E-state index in [1.54, 1.807) is 0 Å². The molecule has 21 heavy (non-hydrogen) atoms. The van der Waals surface area contributed by atoms with Gasteiger partial charge in [-0.15, -0.1) is 0 Å². The van der Waals surface area contributed by atoms with E-state index in [0.717, 1.165) is 11.8 Å². The first kappa shape index (κ1) is 21.0. The van der Waals surface area contributed by atoms with Gasteiger partial charge in [0.2, 0.25) is 0 Å². The highest BCUT2D eigenvalue weighted by Gasteiger charge is 2.04. The third kappa shape index (κ3) is 17.9. The second-order valence-corrected chi connectivity index (χ2v) is 7.46. The first-order valence-corrected chi connectivity index (χ1v) is 9.87. The van der Waals surface area contributed by atoms with Crippen molar-refractivity contribution in [3.05, 3.63) is 0 Å². The van der Waals surface area contributed by atoms with Gasteiger partial charge >= 0.3 is 0 Å². The van der Waals surface area contributed by atoms with Gasteiger partial charge in [0.15, 0.2) is 0 Å². The molecule has 128 valence electrons. The lowest BCUT2D eigenvalue weighted by molar-refractivity contribution is 0.399. The Morgan fingerprint density at radius 3 is 1.76 bits per heavy atom. The molecule has 0 bridgehead atoms. The second kappa shape index (κ2) is 16.3. The molecule has 0 spiro atoms. The molecule has 1 nitrogen and oxygen atoms in total. The van der Waals surface area contributed by atoms with Gasteiger partial charge in [0.1, 0.15) is 0 Å². The highest BCUT2D eigenvalue weighted by molar-refractivity contribution is 4.58. The predicted molar refractivity (Wildman–Crippen MR) is 97.9 cm³/mol. The van der Waals surface area contributed by atoms with E-state index in [0.29, 0.717) is 0 Å². The minimum absolute atomic E-state index is 0.861. The second-order valence-electron chi connectivity index (χ2n) is 7.46. The van der Waals surface area contributed by atoms with Crippen molar-refractivity contribution >= 4 is 0 Å². The maximum Gasteiger partial charge on any atom is -0.00489 e. The Balaban J connectivity index is 3.05. The molecule has 0 aliphatic heterocycles. The molecule has 0 saturated heterocycles. The fourth-order valence-electron chi connectivity index (χ4n) is 3.17. The lowest BCUT2D eigenvalue weighted by Gasteiger charge is -2.13. The molecule has 0 saturated carbocycles. The quantitative estimate of drug-likeness (QED) is 0.318.